The first-order chi connectivity index (χ1) is 17.8. The van der Waals surface area contributed by atoms with Gasteiger partial charge in [-0.3, -0.25) is 9.69 Å². The second-order valence-corrected chi connectivity index (χ2v) is 9.50. The molecule has 1 fully saturated rings. The van der Waals surface area contributed by atoms with Gasteiger partial charge in [0.1, 0.15) is 10.8 Å². The number of halogens is 1. The number of aryl methyl sites for hydroxylation is 1. The molecule has 37 heavy (non-hydrogen) atoms. The van der Waals surface area contributed by atoms with Gasteiger partial charge in [0.05, 0.1) is 31.2 Å². The van der Waals surface area contributed by atoms with E-state index in [9.17, 15) is 4.79 Å². The third kappa shape index (κ3) is 6.88. The topological polar surface area (TPSA) is 101 Å². The molecule has 0 unspecified atom stereocenters. The van der Waals surface area contributed by atoms with E-state index in [1.165, 1.54) is 6.20 Å². The van der Waals surface area contributed by atoms with Crippen molar-refractivity contribution in [1.29, 1.82) is 0 Å². The van der Waals surface area contributed by atoms with Crippen LogP contribution < -0.4 is 20.7 Å². The molecule has 3 N–H and O–H groups in total. The molecule has 3 aromatic rings. The predicted molar refractivity (Wildman–Crippen MR) is 146 cm³/mol. The van der Waals surface area contributed by atoms with Crippen LogP contribution in [0.15, 0.2) is 42.6 Å². The standard InChI is InChI=1S/C27H33ClN6O3/c1-17(2)37-24-13-19(16-34-9-11-36-12-10-34)20(26(35)29-4)14-23(24)32-27-30-15-21(28)25(33-27)31-22-8-6-5-7-18(22)3/h5-8,13-15,17H,9-12,16H2,1-4H3,(H,29,35)(H2,30,31,32,33). The van der Waals surface area contributed by atoms with Gasteiger partial charge >= 0.3 is 0 Å². The van der Waals surface area contributed by atoms with Gasteiger partial charge in [-0.15, -0.1) is 0 Å². The summed E-state index contributed by atoms with van der Waals surface area (Å²) < 4.78 is 11.6. The minimum atomic E-state index is -0.179. The summed E-state index contributed by atoms with van der Waals surface area (Å²) in [5, 5.41) is 9.65. The zero-order valence-electron chi connectivity index (χ0n) is 21.6. The van der Waals surface area contributed by atoms with Crippen molar-refractivity contribution in [2.45, 2.75) is 33.4 Å². The number of hydrogen-bond acceptors (Lipinski definition) is 8. The van der Waals surface area contributed by atoms with Gasteiger partial charge in [0.15, 0.2) is 5.82 Å². The van der Waals surface area contributed by atoms with Crippen LogP contribution in [-0.4, -0.2) is 60.2 Å². The molecule has 196 valence electrons. The molecule has 1 saturated heterocycles. The Hall–Kier alpha value is -3.40. The van der Waals surface area contributed by atoms with Crippen molar-refractivity contribution in [3.8, 4) is 5.75 Å². The fourth-order valence-corrected chi connectivity index (χ4v) is 4.16. The predicted octanol–water partition coefficient (Wildman–Crippen LogP) is 4.90. The smallest absolute Gasteiger partial charge is 0.251 e. The number of hydrogen-bond donors (Lipinski definition) is 3. The van der Waals surface area contributed by atoms with Crippen molar-refractivity contribution >= 4 is 40.6 Å². The highest BCUT2D eigenvalue weighted by atomic mass is 35.5. The fourth-order valence-electron chi connectivity index (χ4n) is 4.02. The average Bonchev–Trinajstić information content (AvgIpc) is 2.88. The molecule has 1 aliphatic heterocycles. The largest absolute Gasteiger partial charge is 0.489 e. The van der Waals surface area contributed by atoms with Crippen molar-refractivity contribution in [2.75, 3.05) is 44.0 Å². The first-order valence-corrected chi connectivity index (χ1v) is 12.7. The van der Waals surface area contributed by atoms with E-state index in [1.54, 1.807) is 13.1 Å². The number of benzene rings is 2. The molecule has 0 atom stereocenters. The number of anilines is 4. The fraction of sp³-hybridized carbons (Fsp3) is 0.370. The van der Waals surface area contributed by atoms with E-state index in [0.717, 1.165) is 29.9 Å². The van der Waals surface area contributed by atoms with Gasteiger partial charge in [0.25, 0.3) is 5.91 Å². The Morgan fingerprint density at radius 1 is 1.16 bits per heavy atom. The lowest BCUT2D eigenvalue weighted by atomic mass is 10.0. The summed E-state index contributed by atoms with van der Waals surface area (Å²) in [6.45, 7) is 9.51. The first-order valence-electron chi connectivity index (χ1n) is 12.3. The lowest BCUT2D eigenvalue weighted by Gasteiger charge is -2.28. The van der Waals surface area contributed by atoms with Crippen LogP contribution in [0.25, 0.3) is 0 Å². The molecule has 1 aromatic heterocycles. The molecular weight excluding hydrogens is 492 g/mol. The summed E-state index contributed by atoms with van der Waals surface area (Å²) in [5.74, 6) is 1.22. The highest BCUT2D eigenvalue weighted by molar-refractivity contribution is 6.32. The third-order valence-corrected chi connectivity index (χ3v) is 6.20. The average molecular weight is 525 g/mol. The Morgan fingerprint density at radius 3 is 2.62 bits per heavy atom. The number of nitrogens with one attached hydrogen (secondary N) is 3. The van der Waals surface area contributed by atoms with E-state index < -0.39 is 0 Å². The minimum Gasteiger partial charge on any atom is -0.489 e. The monoisotopic (exact) mass is 524 g/mol. The molecule has 4 rings (SSSR count). The molecule has 0 bridgehead atoms. The van der Waals surface area contributed by atoms with Crippen LogP contribution in [0.2, 0.25) is 5.02 Å². The van der Waals surface area contributed by atoms with E-state index in [-0.39, 0.29) is 12.0 Å². The van der Waals surface area contributed by atoms with Crippen LogP contribution in [-0.2, 0) is 11.3 Å². The van der Waals surface area contributed by atoms with Crippen LogP contribution in [0.3, 0.4) is 0 Å². The number of ether oxygens (including phenoxy) is 2. The Bertz CT molecular complexity index is 1250. The molecule has 2 heterocycles. The lowest BCUT2D eigenvalue weighted by molar-refractivity contribution is 0.0340. The number of carbonyl (C=O) groups excluding carboxylic acids is 1. The van der Waals surface area contributed by atoms with Gasteiger partial charge < -0.3 is 25.4 Å². The van der Waals surface area contributed by atoms with E-state index in [0.29, 0.717) is 53.5 Å². The summed E-state index contributed by atoms with van der Waals surface area (Å²) >= 11 is 6.39. The van der Waals surface area contributed by atoms with Crippen LogP contribution >= 0.6 is 11.6 Å². The number of aromatic nitrogens is 2. The number of morpholine rings is 1. The molecule has 10 heteroatoms. The summed E-state index contributed by atoms with van der Waals surface area (Å²) in [6, 6.07) is 11.6. The quantitative estimate of drug-likeness (QED) is 0.363. The second kappa shape index (κ2) is 12.2. The Balaban J connectivity index is 1.68. The molecule has 2 aromatic carbocycles. The third-order valence-electron chi connectivity index (χ3n) is 5.93. The van der Waals surface area contributed by atoms with Crippen molar-refractivity contribution < 1.29 is 14.3 Å². The van der Waals surface area contributed by atoms with E-state index in [4.69, 9.17) is 21.1 Å². The Kier molecular flexibility index (Phi) is 8.81. The van der Waals surface area contributed by atoms with Crippen LogP contribution in [0.4, 0.5) is 23.1 Å². The maximum atomic E-state index is 12.9. The molecule has 0 radical (unpaired) electrons. The SMILES string of the molecule is CNC(=O)c1cc(Nc2ncc(Cl)c(Nc3ccccc3C)n2)c(OC(C)C)cc1CN1CCOCC1. The minimum absolute atomic E-state index is 0.0768. The highest BCUT2D eigenvalue weighted by Crippen LogP contribution is 2.33. The van der Waals surface area contributed by atoms with Crippen molar-refractivity contribution in [3.63, 3.8) is 0 Å². The highest BCUT2D eigenvalue weighted by Gasteiger charge is 2.21. The maximum absolute atomic E-state index is 12.9. The molecule has 1 aliphatic rings. The summed E-state index contributed by atoms with van der Waals surface area (Å²) in [5.41, 5.74) is 3.97. The van der Waals surface area contributed by atoms with Gasteiger partial charge in [-0.2, -0.15) is 4.98 Å². The van der Waals surface area contributed by atoms with E-state index in [1.807, 2.05) is 51.1 Å². The van der Waals surface area contributed by atoms with Crippen LogP contribution in [0.1, 0.15) is 35.3 Å². The van der Waals surface area contributed by atoms with Crippen LogP contribution in [0, 0.1) is 6.92 Å². The van der Waals surface area contributed by atoms with Gasteiger partial charge in [-0.25, -0.2) is 4.98 Å². The van der Waals surface area contributed by atoms with E-state index >= 15 is 0 Å². The van der Waals surface area contributed by atoms with Gasteiger partial charge in [0, 0.05) is 37.9 Å². The van der Waals surface area contributed by atoms with Crippen molar-refractivity contribution in [1.82, 2.24) is 20.2 Å². The first kappa shape index (κ1) is 26.7. The second-order valence-electron chi connectivity index (χ2n) is 9.09. The summed E-state index contributed by atoms with van der Waals surface area (Å²) in [4.78, 5) is 24.1. The summed E-state index contributed by atoms with van der Waals surface area (Å²) in [6.07, 6.45) is 1.46. The van der Waals surface area contributed by atoms with Crippen LogP contribution in [0.5, 0.6) is 5.75 Å². The Morgan fingerprint density at radius 2 is 1.92 bits per heavy atom. The Labute approximate surface area is 222 Å². The summed E-state index contributed by atoms with van der Waals surface area (Å²) in [7, 11) is 1.62. The molecule has 0 saturated carbocycles. The molecule has 1 amide bonds. The number of nitrogens with zero attached hydrogens (tertiary/aromatic N) is 3. The van der Waals surface area contributed by atoms with E-state index in [2.05, 4.69) is 30.8 Å². The zero-order chi connectivity index (χ0) is 26.4. The van der Waals surface area contributed by atoms with Crippen molar-refractivity contribution in [2.24, 2.45) is 0 Å². The number of carbonyl (C=O) groups is 1. The number of rotatable bonds is 9. The zero-order valence-corrected chi connectivity index (χ0v) is 22.4. The van der Waals surface area contributed by atoms with Gasteiger partial charge in [0.2, 0.25) is 5.95 Å². The molecule has 9 nitrogen and oxygen atoms in total. The molecule has 0 aliphatic carbocycles. The number of para-hydroxylation sites is 1. The maximum Gasteiger partial charge on any atom is 0.251 e. The van der Waals surface area contributed by atoms with Crippen molar-refractivity contribution in [3.05, 3.63) is 64.3 Å². The normalized spacial score (nSPS) is 13.9. The van der Waals surface area contributed by atoms with Gasteiger partial charge in [-0.05, 0) is 50.1 Å². The lowest BCUT2D eigenvalue weighted by Crippen LogP contribution is -2.36. The molecular formula is C27H33ClN6O3. The number of amides is 1. The van der Waals surface area contributed by atoms with Gasteiger partial charge in [-0.1, -0.05) is 29.8 Å². The molecule has 0 spiro atoms.